The first-order valence-electron chi connectivity index (χ1n) is 9.44. The van der Waals surface area contributed by atoms with Gasteiger partial charge in [0.15, 0.2) is 5.75 Å². The van der Waals surface area contributed by atoms with Crippen molar-refractivity contribution in [3.05, 3.63) is 53.1 Å². The molecule has 0 heterocycles. The van der Waals surface area contributed by atoms with Crippen molar-refractivity contribution in [2.75, 3.05) is 12.2 Å². The van der Waals surface area contributed by atoms with Crippen molar-refractivity contribution in [3.8, 4) is 11.5 Å². The molecule has 1 amide bonds. The van der Waals surface area contributed by atoms with E-state index >= 15 is 0 Å². The highest BCUT2D eigenvalue weighted by molar-refractivity contribution is 5.97. The Morgan fingerprint density at radius 2 is 1.59 bits per heavy atom. The predicted molar refractivity (Wildman–Crippen MR) is 110 cm³/mol. The number of methoxy groups -OCH3 is 1. The maximum absolute atomic E-state index is 13.5. The molecule has 0 aromatic heterocycles. The molecule has 146 valence electrons. The fourth-order valence-corrected chi connectivity index (χ4v) is 3.06. The third-order valence-corrected chi connectivity index (χ3v) is 4.73. The number of carbonyl (C=O) groups excluding carboxylic acids is 1. The van der Waals surface area contributed by atoms with Crippen LogP contribution in [-0.2, 0) is 4.79 Å². The van der Waals surface area contributed by atoms with Gasteiger partial charge in [0.1, 0.15) is 11.4 Å². The molecule has 0 atom stereocenters. The zero-order valence-corrected chi connectivity index (χ0v) is 17.6. The largest absolute Gasteiger partial charge is 0.494 e. The number of aryl methyl sites for hydroxylation is 3. The third kappa shape index (κ3) is 4.82. The van der Waals surface area contributed by atoms with E-state index in [1.54, 1.807) is 7.11 Å². The predicted octanol–water partition coefficient (Wildman–Crippen LogP) is 5.77. The van der Waals surface area contributed by atoms with Crippen molar-refractivity contribution in [2.24, 2.45) is 5.41 Å². The molecule has 0 unspecified atom stereocenters. The summed E-state index contributed by atoms with van der Waals surface area (Å²) in [7, 11) is 1.61. The molecule has 4 heteroatoms. The van der Waals surface area contributed by atoms with E-state index in [1.807, 2.05) is 71.0 Å². The Morgan fingerprint density at radius 1 is 1.00 bits per heavy atom. The number of anilines is 1. The molecule has 2 rings (SSSR count). The number of hydrogen-bond donors (Lipinski definition) is 0. The Morgan fingerprint density at radius 3 is 2.19 bits per heavy atom. The Labute approximate surface area is 163 Å². The van der Waals surface area contributed by atoms with Gasteiger partial charge in [0.2, 0.25) is 0 Å². The van der Waals surface area contributed by atoms with E-state index in [0.29, 0.717) is 17.2 Å². The van der Waals surface area contributed by atoms with Crippen molar-refractivity contribution in [1.82, 2.24) is 0 Å². The van der Waals surface area contributed by atoms with Gasteiger partial charge in [-0.25, -0.2) is 0 Å². The van der Waals surface area contributed by atoms with Gasteiger partial charge < -0.3 is 9.57 Å². The highest BCUT2D eigenvalue weighted by Gasteiger charge is 2.35. The van der Waals surface area contributed by atoms with E-state index in [2.05, 4.69) is 6.92 Å². The maximum atomic E-state index is 13.5. The number of rotatable bonds is 7. The monoisotopic (exact) mass is 369 g/mol. The summed E-state index contributed by atoms with van der Waals surface area (Å²) >= 11 is 0. The lowest BCUT2D eigenvalue weighted by atomic mass is 9.87. The van der Waals surface area contributed by atoms with Crippen LogP contribution in [0.15, 0.2) is 36.4 Å². The molecule has 0 fully saturated rings. The zero-order chi connectivity index (χ0) is 20.2. The third-order valence-electron chi connectivity index (χ3n) is 4.73. The van der Waals surface area contributed by atoms with Crippen LogP contribution in [-0.4, -0.2) is 13.0 Å². The molecular weight excluding hydrogens is 338 g/mol. The number of amides is 1. The summed E-state index contributed by atoms with van der Waals surface area (Å²) in [6, 6.07) is 11.7. The average Bonchev–Trinajstić information content (AvgIpc) is 2.62. The minimum Gasteiger partial charge on any atom is -0.494 e. The first-order valence-corrected chi connectivity index (χ1v) is 9.44. The van der Waals surface area contributed by atoms with Gasteiger partial charge in [0.05, 0.1) is 7.11 Å². The Balaban J connectivity index is 2.55. The second-order valence-electron chi connectivity index (χ2n) is 7.77. The molecule has 2 aromatic carbocycles. The fraction of sp³-hybridized carbons (Fsp3) is 0.435. The molecule has 2 aromatic rings. The highest BCUT2D eigenvalue weighted by Crippen LogP contribution is 2.35. The Bertz CT molecular complexity index is 811. The van der Waals surface area contributed by atoms with E-state index < -0.39 is 5.41 Å². The molecule has 0 aliphatic rings. The number of hydroxylamine groups is 1. The lowest BCUT2D eigenvalue weighted by Gasteiger charge is -2.32. The molecule has 0 radical (unpaired) electrons. The molecule has 0 bridgehead atoms. The normalized spacial score (nSPS) is 11.2. The van der Waals surface area contributed by atoms with Crippen molar-refractivity contribution in [2.45, 2.75) is 54.4 Å². The summed E-state index contributed by atoms with van der Waals surface area (Å²) in [5, 5.41) is 1.40. The summed E-state index contributed by atoms with van der Waals surface area (Å²) in [6.07, 6.45) is 1.69. The van der Waals surface area contributed by atoms with Crippen LogP contribution in [0.5, 0.6) is 11.5 Å². The van der Waals surface area contributed by atoms with Gasteiger partial charge in [0, 0.05) is 5.41 Å². The van der Waals surface area contributed by atoms with E-state index in [0.717, 1.165) is 29.5 Å². The van der Waals surface area contributed by atoms with E-state index in [1.165, 1.54) is 5.06 Å². The van der Waals surface area contributed by atoms with Crippen LogP contribution in [0.2, 0.25) is 0 Å². The van der Waals surface area contributed by atoms with Crippen molar-refractivity contribution < 1.29 is 14.4 Å². The molecule has 27 heavy (non-hydrogen) atoms. The molecule has 0 N–H and O–H groups in total. The van der Waals surface area contributed by atoms with Gasteiger partial charge in [-0.1, -0.05) is 45.4 Å². The van der Waals surface area contributed by atoms with Crippen LogP contribution >= 0.6 is 0 Å². The quantitative estimate of drug-likeness (QED) is 0.581. The lowest BCUT2D eigenvalue weighted by molar-refractivity contribution is -0.131. The van der Waals surface area contributed by atoms with Crippen LogP contribution in [0.25, 0.3) is 0 Å². The fourth-order valence-electron chi connectivity index (χ4n) is 3.06. The van der Waals surface area contributed by atoms with Gasteiger partial charge in [-0.05, 0) is 62.1 Å². The molecule has 4 nitrogen and oxygen atoms in total. The minimum atomic E-state index is -0.553. The summed E-state index contributed by atoms with van der Waals surface area (Å²) in [5.41, 5.74) is 3.16. The van der Waals surface area contributed by atoms with Crippen LogP contribution in [0.3, 0.4) is 0 Å². The summed E-state index contributed by atoms with van der Waals surface area (Å²) in [6.45, 7) is 12.0. The number of carbonyl (C=O) groups is 1. The van der Waals surface area contributed by atoms with Crippen molar-refractivity contribution >= 4 is 11.6 Å². The Kier molecular flexibility index (Phi) is 6.53. The molecule has 0 saturated heterocycles. The van der Waals surface area contributed by atoms with Crippen LogP contribution in [0.4, 0.5) is 5.69 Å². The molecule has 0 aliphatic heterocycles. The van der Waals surface area contributed by atoms with Gasteiger partial charge >= 0.3 is 0 Å². The summed E-state index contributed by atoms with van der Waals surface area (Å²) in [4.78, 5) is 19.6. The number of ether oxygens (including phenoxy) is 1. The van der Waals surface area contributed by atoms with E-state index in [4.69, 9.17) is 9.57 Å². The summed E-state index contributed by atoms with van der Waals surface area (Å²) < 4.78 is 5.55. The van der Waals surface area contributed by atoms with E-state index in [9.17, 15) is 4.79 Å². The zero-order valence-electron chi connectivity index (χ0n) is 17.6. The smallest absolute Gasteiger partial charge is 0.265 e. The summed E-state index contributed by atoms with van der Waals surface area (Å²) in [5.74, 6) is 1.19. The van der Waals surface area contributed by atoms with E-state index in [-0.39, 0.29) is 5.91 Å². The molecule has 0 saturated carbocycles. The van der Waals surface area contributed by atoms with Gasteiger partial charge in [0.25, 0.3) is 5.91 Å². The van der Waals surface area contributed by atoms with Crippen LogP contribution in [0.1, 0.15) is 50.3 Å². The lowest BCUT2D eigenvalue weighted by Crippen LogP contribution is -2.43. The molecule has 0 spiro atoms. The number of nitrogens with zero attached hydrogens (tertiary/aromatic N) is 1. The first kappa shape index (κ1) is 20.8. The second-order valence-corrected chi connectivity index (χ2v) is 7.77. The molecule has 0 aliphatic carbocycles. The van der Waals surface area contributed by atoms with Gasteiger partial charge in [-0.15, -0.1) is 5.06 Å². The maximum Gasteiger partial charge on any atom is 0.265 e. The average molecular weight is 370 g/mol. The number of benzene rings is 2. The van der Waals surface area contributed by atoms with Crippen molar-refractivity contribution in [3.63, 3.8) is 0 Å². The van der Waals surface area contributed by atoms with Crippen LogP contribution < -0.4 is 14.6 Å². The van der Waals surface area contributed by atoms with Crippen molar-refractivity contribution in [1.29, 1.82) is 0 Å². The van der Waals surface area contributed by atoms with Gasteiger partial charge in [-0.2, -0.15) is 0 Å². The first-order chi connectivity index (χ1) is 12.7. The Hall–Kier alpha value is -2.49. The standard InChI is InChI=1S/C23H31NO3/c1-8-13-23(5,6)22(25)24(19-12-10-17(3)15-21(19)26-7)27-20-14-16(2)9-11-18(20)4/h9-12,14-15H,8,13H2,1-7H3. The van der Waals surface area contributed by atoms with Crippen LogP contribution in [0, 0.1) is 26.2 Å². The SMILES string of the molecule is CCCC(C)(C)C(=O)N(Oc1cc(C)ccc1C)c1ccc(C)cc1OC. The highest BCUT2D eigenvalue weighted by atomic mass is 16.7. The molecular formula is C23H31NO3. The minimum absolute atomic E-state index is 0.0904. The van der Waals surface area contributed by atoms with Gasteiger partial charge in [-0.3, -0.25) is 4.79 Å². The number of hydrogen-bond acceptors (Lipinski definition) is 3. The second kappa shape index (κ2) is 8.47. The topological polar surface area (TPSA) is 38.8 Å².